The normalized spacial score (nSPS) is 11.6. The fourth-order valence-electron chi connectivity index (χ4n) is 2.15. The minimum atomic E-state index is -0.877. The molecule has 0 saturated heterocycles. The lowest BCUT2D eigenvalue weighted by Crippen LogP contribution is -2.40. The van der Waals surface area contributed by atoms with E-state index < -0.39 is 16.8 Å². The van der Waals surface area contributed by atoms with Gasteiger partial charge in [-0.2, -0.15) is 0 Å². The van der Waals surface area contributed by atoms with Crippen LogP contribution in [0.25, 0.3) is 0 Å². The molecule has 0 spiro atoms. The van der Waals surface area contributed by atoms with Crippen LogP contribution < -0.4 is 9.64 Å². The molecule has 0 aliphatic heterocycles. The molecule has 7 nitrogen and oxygen atoms in total. The van der Waals surface area contributed by atoms with Gasteiger partial charge < -0.3 is 19.8 Å². The molecule has 1 amide bonds. The molecule has 0 radical (unpaired) electrons. The molecule has 120 valence electrons. The van der Waals surface area contributed by atoms with Crippen LogP contribution >= 0.6 is 0 Å². The minimum Gasteiger partial charge on any atom is -0.473 e. The highest BCUT2D eigenvalue weighted by atomic mass is 16.6. The summed E-state index contributed by atoms with van der Waals surface area (Å²) in [5.41, 5.74) is 0.746. The zero-order chi connectivity index (χ0) is 16.8. The first-order chi connectivity index (χ1) is 11.0. The number of likely N-dealkylation sites (N-methyl/N-ethyl adjacent to an activating group) is 1. The van der Waals surface area contributed by atoms with Crippen molar-refractivity contribution < 1.29 is 14.5 Å². The maximum absolute atomic E-state index is 12.6. The Hall–Kier alpha value is -2.96. The standard InChI is InChI=1S/C16H17N3O4/c1-3-18(13-8-5-4-6-9-13)16(20)12(2)23-14-10-7-11-17-15(14)19(21)22/h4-12H,3H2,1-2H3/t12-/m1/s1. The van der Waals surface area contributed by atoms with Gasteiger partial charge in [0.25, 0.3) is 5.91 Å². The van der Waals surface area contributed by atoms with Gasteiger partial charge in [-0.05, 0) is 48.0 Å². The van der Waals surface area contributed by atoms with Crippen LogP contribution in [0.15, 0.2) is 48.7 Å². The van der Waals surface area contributed by atoms with Gasteiger partial charge in [0.1, 0.15) is 6.20 Å². The number of hydrogen-bond donors (Lipinski definition) is 0. The monoisotopic (exact) mass is 315 g/mol. The van der Waals surface area contributed by atoms with E-state index in [4.69, 9.17) is 4.74 Å². The Kier molecular flexibility index (Phi) is 5.24. The third kappa shape index (κ3) is 3.82. The summed E-state index contributed by atoms with van der Waals surface area (Å²) in [7, 11) is 0. The van der Waals surface area contributed by atoms with Crippen LogP contribution in [0.1, 0.15) is 13.8 Å². The lowest BCUT2D eigenvalue weighted by atomic mass is 10.2. The summed E-state index contributed by atoms with van der Waals surface area (Å²) in [4.78, 5) is 28.1. The molecule has 0 N–H and O–H groups in total. The van der Waals surface area contributed by atoms with E-state index in [2.05, 4.69) is 4.98 Å². The molecular formula is C16H17N3O4. The molecule has 7 heteroatoms. The van der Waals surface area contributed by atoms with Crippen LogP contribution in [-0.4, -0.2) is 28.5 Å². The van der Waals surface area contributed by atoms with Crippen molar-refractivity contribution in [1.82, 2.24) is 4.98 Å². The average molecular weight is 315 g/mol. The molecule has 2 aromatic rings. The Balaban J connectivity index is 2.18. The lowest BCUT2D eigenvalue weighted by Gasteiger charge is -2.24. The Morgan fingerprint density at radius 1 is 1.30 bits per heavy atom. The topological polar surface area (TPSA) is 85.6 Å². The van der Waals surface area contributed by atoms with E-state index >= 15 is 0 Å². The zero-order valence-electron chi connectivity index (χ0n) is 12.9. The summed E-state index contributed by atoms with van der Waals surface area (Å²) in [5.74, 6) is -0.714. The van der Waals surface area contributed by atoms with Crippen molar-refractivity contribution in [3.8, 4) is 5.75 Å². The lowest BCUT2D eigenvalue weighted by molar-refractivity contribution is -0.390. The number of carbonyl (C=O) groups is 1. The summed E-state index contributed by atoms with van der Waals surface area (Å²) in [6.45, 7) is 3.88. The second-order valence-corrected chi connectivity index (χ2v) is 4.76. The Morgan fingerprint density at radius 3 is 2.61 bits per heavy atom. The van der Waals surface area contributed by atoms with Crippen molar-refractivity contribution in [1.29, 1.82) is 0 Å². The third-order valence-corrected chi connectivity index (χ3v) is 3.23. The predicted octanol–water partition coefficient (Wildman–Crippen LogP) is 2.81. The number of amides is 1. The van der Waals surface area contributed by atoms with Gasteiger partial charge in [-0.1, -0.05) is 18.2 Å². The smallest absolute Gasteiger partial charge is 0.406 e. The molecule has 0 aliphatic rings. The molecule has 1 aromatic heterocycles. The first-order valence-electron chi connectivity index (χ1n) is 7.17. The number of anilines is 1. The van der Waals surface area contributed by atoms with E-state index in [1.165, 1.54) is 18.3 Å². The first kappa shape index (κ1) is 16.4. The van der Waals surface area contributed by atoms with E-state index in [1.807, 2.05) is 37.3 Å². The van der Waals surface area contributed by atoms with Gasteiger partial charge in [0.15, 0.2) is 6.10 Å². The maximum Gasteiger partial charge on any atom is 0.406 e. The van der Waals surface area contributed by atoms with Gasteiger partial charge in [-0.3, -0.25) is 4.79 Å². The second kappa shape index (κ2) is 7.35. The SMILES string of the molecule is CCN(C(=O)[C@@H](C)Oc1cccnc1[N+](=O)[O-])c1ccccc1. The molecule has 0 saturated carbocycles. The molecule has 0 fully saturated rings. The van der Waals surface area contributed by atoms with Crippen molar-refractivity contribution in [2.75, 3.05) is 11.4 Å². The van der Waals surface area contributed by atoms with Gasteiger partial charge in [0.2, 0.25) is 5.75 Å². The highest BCUT2D eigenvalue weighted by Crippen LogP contribution is 2.25. The summed E-state index contributed by atoms with van der Waals surface area (Å²) in [6, 6.07) is 12.1. The van der Waals surface area contributed by atoms with Crippen molar-refractivity contribution in [3.63, 3.8) is 0 Å². The Morgan fingerprint density at radius 2 is 2.00 bits per heavy atom. The maximum atomic E-state index is 12.6. The molecule has 1 atom stereocenters. The number of nitro groups is 1. The van der Waals surface area contributed by atoms with Crippen molar-refractivity contribution in [2.24, 2.45) is 0 Å². The third-order valence-electron chi connectivity index (χ3n) is 3.23. The molecule has 0 unspecified atom stereocenters. The van der Waals surface area contributed by atoms with Crippen LogP contribution in [0, 0.1) is 10.1 Å². The molecule has 2 rings (SSSR count). The molecule has 0 aliphatic carbocycles. The molecule has 1 aromatic carbocycles. The number of benzene rings is 1. The molecule has 1 heterocycles. The quantitative estimate of drug-likeness (QED) is 0.604. The number of para-hydroxylation sites is 1. The van der Waals surface area contributed by atoms with E-state index in [0.717, 1.165) is 5.69 Å². The van der Waals surface area contributed by atoms with Crippen molar-refractivity contribution in [3.05, 3.63) is 58.8 Å². The summed E-state index contributed by atoms with van der Waals surface area (Å²) < 4.78 is 5.48. The van der Waals surface area contributed by atoms with Gasteiger partial charge >= 0.3 is 5.82 Å². The minimum absolute atomic E-state index is 0.0255. The van der Waals surface area contributed by atoms with Gasteiger partial charge in [-0.25, -0.2) is 0 Å². The van der Waals surface area contributed by atoms with E-state index in [1.54, 1.807) is 11.8 Å². The number of hydrogen-bond acceptors (Lipinski definition) is 5. The van der Waals surface area contributed by atoms with E-state index in [0.29, 0.717) is 6.54 Å². The van der Waals surface area contributed by atoms with Gasteiger partial charge in [0, 0.05) is 12.2 Å². The van der Waals surface area contributed by atoms with Crippen molar-refractivity contribution >= 4 is 17.4 Å². The number of rotatable bonds is 6. The van der Waals surface area contributed by atoms with Crippen LogP contribution in [0.5, 0.6) is 5.75 Å². The fourth-order valence-corrected chi connectivity index (χ4v) is 2.15. The van der Waals surface area contributed by atoms with E-state index in [9.17, 15) is 14.9 Å². The summed E-state index contributed by atoms with van der Waals surface area (Å²) in [5, 5.41) is 11.0. The van der Waals surface area contributed by atoms with Crippen LogP contribution in [0.2, 0.25) is 0 Å². The van der Waals surface area contributed by atoms with Crippen molar-refractivity contribution in [2.45, 2.75) is 20.0 Å². The fraction of sp³-hybridized carbons (Fsp3) is 0.250. The van der Waals surface area contributed by atoms with Gasteiger partial charge in [-0.15, -0.1) is 0 Å². The Labute approximate surface area is 133 Å². The zero-order valence-corrected chi connectivity index (χ0v) is 12.9. The molecular weight excluding hydrogens is 298 g/mol. The molecule has 23 heavy (non-hydrogen) atoms. The van der Waals surface area contributed by atoms with Crippen LogP contribution in [-0.2, 0) is 4.79 Å². The number of carbonyl (C=O) groups excluding carboxylic acids is 1. The average Bonchev–Trinajstić information content (AvgIpc) is 2.56. The number of ether oxygens (including phenoxy) is 1. The number of nitrogens with zero attached hydrogens (tertiary/aromatic N) is 3. The van der Waals surface area contributed by atoms with E-state index in [-0.39, 0.29) is 11.7 Å². The highest BCUT2D eigenvalue weighted by molar-refractivity contribution is 5.96. The van der Waals surface area contributed by atoms with Crippen LogP contribution in [0.3, 0.4) is 0 Å². The van der Waals surface area contributed by atoms with Crippen LogP contribution in [0.4, 0.5) is 11.5 Å². The summed E-state index contributed by atoms with van der Waals surface area (Å²) in [6.07, 6.45) is 0.429. The largest absolute Gasteiger partial charge is 0.473 e. The number of aromatic nitrogens is 1. The summed E-state index contributed by atoms with van der Waals surface area (Å²) >= 11 is 0. The predicted molar refractivity (Wildman–Crippen MR) is 85.5 cm³/mol. The Bertz CT molecular complexity index is 691. The first-order valence-corrected chi connectivity index (χ1v) is 7.17. The van der Waals surface area contributed by atoms with Gasteiger partial charge in [0.05, 0.1) is 0 Å². The number of pyridine rings is 1. The highest BCUT2D eigenvalue weighted by Gasteiger charge is 2.25. The molecule has 0 bridgehead atoms. The second-order valence-electron chi connectivity index (χ2n) is 4.76.